The highest BCUT2D eigenvalue weighted by atomic mass is 16.3. The fourth-order valence-corrected chi connectivity index (χ4v) is 2.49. The predicted molar refractivity (Wildman–Crippen MR) is 81.0 cm³/mol. The van der Waals surface area contributed by atoms with E-state index < -0.39 is 0 Å². The third-order valence-electron chi connectivity index (χ3n) is 3.51. The van der Waals surface area contributed by atoms with E-state index in [1.165, 1.54) is 11.1 Å². The normalized spacial score (nSPS) is 12.6. The smallest absolute Gasteiger partial charge is 0.267 e. The quantitative estimate of drug-likeness (QED) is 0.785. The van der Waals surface area contributed by atoms with Crippen LogP contribution in [0.1, 0.15) is 41.4 Å². The molecule has 1 unspecified atom stereocenters. The molecule has 0 saturated carbocycles. The summed E-state index contributed by atoms with van der Waals surface area (Å²) in [5.74, 6) is -0.0938. The van der Waals surface area contributed by atoms with Crippen LogP contribution < -0.4 is 5.32 Å². The standard InChI is InChI=1S/C16H22N2O2/c1-10-7-11(2)13-9-15(18-14(13)8-10)16(20)17-12(3)5-4-6-19/h7-9,12,18-19H,4-6H2,1-3H3,(H,17,20). The minimum atomic E-state index is -0.0938. The van der Waals surface area contributed by atoms with Gasteiger partial charge in [-0.3, -0.25) is 4.79 Å². The average molecular weight is 274 g/mol. The maximum atomic E-state index is 12.2. The van der Waals surface area contributed by atoms with Crippen molar-refractivity contribution in [3.05, 3.63) is 35.0 Å². The number of amides is 1. The third kappa shape index (κ3) is 3.20. The van der Waals surface area contributed by atoms with Crippen molar-refractivity contribution in [2.24, 2.45) is 0 Å². The van der Waals surface area contributed by atoms with Crippen LogP contribution in [-0.4, -0.2) is 28.6 Å². The Bertz CT molecular complexity index is 616. The molecule has 0 spiro atoms. The Labute approximate surface area is 119 Å². The highest BCUT2D eigenvalue weighted by Crippen LogP contribution is 2.21. The maximum absolute atomic E-state index is 12.2. The first kappa shape index (κ1) is 14.6. The molecule has 1 atom stereocenters. The van der Waals surface area contributed by atoms with Crippen LogP contribution in [0, 0.1) is 13.8 Å². The molecule has 1 amide bonds. The number of carbonyl (C=O) groups is 1. The van der Waals surface area contributed by atoms with Gasteiger partial charge >= 0.3 is 0 Å². The fourth-order valence-electron chi connectivity index (χ4n) is 2.49. The molecule has 0 bridgehead atoms. The van der Waals surface area contributed by atoms with E-state index in [-0.39, 0.29) is 18.6 Å². The van der Waals surface area contributed by atoms with Crippen molar-refractivity contribution in [1.29, 1.82) is 0 Å². The molecule has 1 heterocycles. The Hall–Kier alpha value is -1.81. The van der Waals surface area contributed by atoms with E-state index in [0.29, 0.717) is 12.1 Å². The highest BCUT2D eigenvalue weighted by Gasteiger charge is 2.13. The van der Waals surface area contributed by atoms with Gasteiger partial charge in [-0.15, -0.1) is 0 Å². The van der Waals surface area contributed by atoms with Crippen LogP contribution in [0.3, 0.4) is 0 Å². The van der Waals surface area contributed by atoms with Gasteiger partial charge in [0.05, 0.1) is 0 Å². The first-order valence-corrected chi connectivity index (χ1v) is 7.03. The zero-order valence-corrected chi connectivity index (χ0v) is 12.3. The summed E-state index contributed by atoms with van der Waals surface area (Å²) in [6.45, 7) is 6.20. The van der Waals surface area contributed by atoms with Crippen LogP contribution in [0.4, 0.5) is 0 Å². The number of hydrogen-bond donors (Lipinski definition) is 3. The van der Waals surface area contributed by atoms with E-state index in [4.69, 9.17) is 5.11 Å². The van der Waals surface area contributed by atoms with Crippen molar-refractivity contribution in [2.45, 2.75) is 39.7 Å². The number of rotatable bonds is 5. The molecule has 4 nitrogen and oxygen atoms in total. The zero-order valence-electron chi connectivity index (χ0n) is 12.3. The first-order valence-electron chi connectivity index (χ1n) is 7.03. The van der Waals surface area contributed by atoms with Crippen LogP contribution in [0.5, 0.6) is 0 Å². The average Bonchev–Trinajstić information content (AvgIpc) is 2.80. The second kappa shape index (κ2) is 6.09. The van der Waals surface area contributed by atoms with Crippen molar-refractivity contribution in [3.8, 4) is 0 Å². The number of aliphatic hydroxyl groups is 1. The van der Waals surface area contributed by atoms with Crippen molar-refractivity contribution in [3.63, 3.8) is 0 Å². The topological polar surface area (TPSA) is 65.1 Å². The van der Waals surface area contributed by atoms with Crippen molar-refractivity contribution in [2.75, 3.05) is 6.61 Å². The van der Waals surface area contributed by atoms with Gasteiger partial charge in [0, 0.05) is 23.6 Å². The Morgan fingerprint density at radius 3 is 2.80 bits per heavy atom. The molecular formula is C16H22N2O2. The van der Waals surface area contributed by atoms with Gasteiger partial charge in [-0.05, 0) is 56.9 Å². The molecule has 108 valence electrons. The number of nitrogens with one attached hydrogen (secondary N) is 2. The molecule has 2 aromatic rings. The summed E-state index contributed by atoms with van der Waals surface area (Å²) < 4.78 is 0. The molecule has 1 aromatic heterocycles. The lowest BCUT2D eigenvalue weighted by Crippen LogP contribution is -2.32. The lowest BCUT2D eigenvalue weighted by atomic mass is 10.1. The van der Waals surface area contributed by atoms with Gasteiger partial charge in [0.15, 0.2) is 0 Å². The van der Waals surface area contributed by atoms with Gasteiger partial charge in [0.25, 0.3) is 5.91 Å². The molecule has 0 aliphatic heterocycles. The number of H-pyrrole nitrogens is 1. The summed E-state index contributed by atoms with van der Waals surface area (Å²) in [5.41, 5.74) is 3.93. The lowest BCUT2D eigenvalue weighted by Gasteiger charge is -2.12. The number of hydrogen-bond acceptors (Lipinski definition) is 2. The van der Waals surface area contributed by atoms with E-state index in [0.717, 1.165) is 17.3 Å². The van der Waals surface area contributed by atoms with Gasteiger partial charge < -0.3 is 15.4 Å². The zero-order chi connectivity index (χ0) is 14.7. The number of fused-ring (bicyclic) bond motifs is 1. The summed E-state index contributed by atoms with van der Waals surface area (Å²) in [4.78, 5) is 15.4. The van der Waals surface area contributed by atoms with E-state index in [1.807, 2.05) is 26.0 Å². The van der Waals surface area contributed by atoms with Crippen LogP contribution in [0.2, 0.25) is 0 Å². The molecule has 0 aliphatic carbocycles. The molecule has 0 radical (unpaired) electrons. The number of aromatic nitrogens is 1. The monoisotopic (exact) mass is 274 g/mol. The summed E-state index contributed by atoms with van der Waals surface area (Å²) in [6.07, 6.45) is 1.48. The molecule has 1 aromatic carbocycles. The summed E-state index contributed by atoms with van der Waals surface area (Å²) in [6, 6.07) is 6.12. The SMILES string of the molecule is Cc1cc(C)c2cc(C(=O)NC(C)CCCO)[nH]c2c1. The van der Waals surface area contributed by atoms with E-state index in [2.05, 4.69) is 23.3 Å². The van der Waals surface area contributed by atoms with Crippen LogP contribution >= 0.6 is 0 Å². The first-order chi connectivity index (χ1) is 9.51. The molecular weight excluding hydrogens is 252 g/mol. The van der Waals surface area contributed by atoms with Gasteiger partial charge in [0.1, 0.15) is 5.69 Å². The Kier molecular flexibility index (Phi) is 4.45. The Balaban J connectivity index is 2.16. The summed E-state index contributed by atoms with van der Waals surface area (Å²) >= 11 is 0. The largest absolute Gasteiger partial charge is 0.396 e. The van der Waals surface area contributed by atoms with Crippen LogP contribution in [-0.2, 0) is 0 Å². The highest BCUT2D eigenvalue weighted by molar-refractivity contribution is 5.99. The number of carbonyl (C=O) groups excluding carboxylic acids is 1. The van der Waals surface area contributed by atoms with Gasteiger partial charge in [0.2, 0.25) is 0 Å². The number of aryl methyl sites for hydroxylation is 2. The Morgan fingerprint density at radius 2 is 2.10 bits per heavy atom. The minimum absolute atomic E-state index is 0.0592. The van der Waals surface area contributed by atoms with Crippen LogP contribution in [0.15, 0.2) is 18.2 Å². The third-order valence-corrected chi connectivity index (χ3v) is 3.51. The van der Waals surface area contributed by atoms with Gasteiger partial charge in [-0.25, -0.2) is 0 Å². The number of aromatic amines is 1. The summed E-state index contributed by atoms with van der Waals surface area (Å²) in [5, 5.41) is 12.8. The molecule has 0 aliphatic rings. The van der Waals surface area contributed by atoms with Crippen LogP contribution in [0.25, 0.3) is 10.9 Å². The molecule has 2 rings (SSSR count). The lowest BCUT2D eigenvalue weighted by molar-refractivity contribution is 0.0932. The molecule has 20 heavy (non-hydrogen) atoms. The maximum Gasteiger partial charge on any atom is 0.267 e. The molecule has 0 saturated heterocycles. The van der Waals surface area contributed by atoms with Gasteiger partial charge in [-0.1, -0.05) is 6.07 Å². The van der Waals surface area contributed by atoms with Crippen molar-refractivity contribution < 1.29 is 9.90 Å². The van der Waals surface area contributed by atoms with E-state index >= 15 is 0 Å². The summed E-state index contributed by atoms with van der Waals surface area (Å²) in [7, 11) is 0. The molecule has 3 N–H and O–H groups in total. The van der Waals surface area contributed by atoms with Gasteiger partial charge in [-0.2, -0.15) is 0 Å². The minimum Gasteiger partial charge on any atom is -0.396 e. The fraction of sp³-hybridized carbons (Fsp3) is 0.438. The Morgan fingerprint density at radius 1 is 1.35 bits per heavy atom. The number of benzene rings is 1. The van der Waals surface area contributed by atoms with E-state index in [1.54, 1.807) is 0 Å². The molecule has 0 fully saturated rings. The predicted octanol–water partition coefficient (Wildman–Crippen LogP) is 2.68. The second-order valence-corrected chi connectivity index (χ2v) is 5.47. The number of aliphatic hydroxyl groups excluding tert-OH is 1. The van der Waals surface area contributed by atoms with Crippen molar-refractivity contribution >= 4 is 16.8 Å². The second-order valence-electron chi connectivity index (χ2n) is 5.47. The molecule has 4 heteroatoms. The van der Waals surface area contributed by atoms with E-state index in [9.17, 15) is 4.79 Å². The van der Waals surface area contributed by atoms with Crippen molar-refractivity contribution in [1.82, 2.24) is 10.3 Å².